The second kappa shape index (κ2) is 6.63. The maximum absolute atomic E-state index is 12.2. The average Bonchev–Trinajstić information content (AvgIpc) is 2.87. The van der Waals surface area contributed by atoms with Crippen LogP contribution in [-0.2, 0) is 17.0 Å². The molecule has 0 spiro atoms. The van der Waals surface area contributed by atoms with Crippen molar-refractivity contribution in [3.63, 3.8) is 0 Å². The van der Waals surface area contributed by atoms with Crippen molar-refractivity contribution in [1.82, 2.24) is 5.32 Å². The highest BCUT2D eigenvalue weighted by atomic mass is 32.2. The van der Waals surface area contributed by atoms with Crippen LogP contribution < -0.4 is 5.32 Å². The van der Waals surface area contributed by atoms with Crippen LogP contribution in [0.2, 0.25) is 0 Å². The van der Waals surface area contributed by atoms with Gasteiger partial charge in [0.15, 0.2) is 0 Å². The summed E-state index contributed by atoms with van der Waals surface area (Å²) in [5.41, 5.74) is 1.23. The normalized spacial score (nSPS) is 17.1. The number of aliphatic carboxylic acids is 1. The van der Waals surface area contributed by atoms with Gasteiger partial charge < -0.3 is 10.4 Å². The third kappa shape index (κ3) is 3.35. The Morgan fingerprint density at radius 3 is 2.85 bits per heavy atom. The number of fused-ring (bicyclic) bond motifs is 1. The molecule has 1 aliphatic rings. The second-order valence-corrected chi connectivity index (χ2v) is 7.28. The first kappa shape index (κ1) is 15.4. The molecule has 0 fully saturated rings. The van der Waals surface area contributed by atoms with E-state index in [1.807, 2.05) is 31.7 Å². The fourth-order valence-electron chi connectivity index (χ4n) is 2.15. The summed E-state index contributed by atoms with van der Waals surface area (Å²) in [5.74, 6) is 0.736. The molecule has 110 valence electrons. The average molecular weight is 313 g/mol. The Morgan fingerprint density at radius 2 is 2.25 bits per heavy atom. The van der Waals surface area contributed by atoms with E-state index in [0.29, 0.717) is 4.88 Å². The minimum atomic E-state index is -0.968. The number of nitrogens with one attached hydrogen (secondary N) is 1. The van der Waals surface area contributed by atoms with Crippen molar-refractivity contribution in [2.75, 3.05) is 5.75 Å². The van der Waals surface area contributed by atoms with Gasteiger partial charge in [-0.25, -0.2) is 4.79 Å². The largest absolute Gasteiger partial charge is 0.480 e. The number of thioether (sulfide) groups is 1. The molecular weight excluding hydrogens is 294 g/mol. The summed E-state index contributed by atoms with van der Waals surface area (Å²) < 4.78 is 0. The summed E-state index contributed by atoms with van der Waals surface area (Å²) in [7, 11) is 0. The summed E-state index contributed by atoms with van der Waals surface area (Å²) in [4.78, 5) is 25.4. The zero-order valence-corrected chi connectivity index (χ0v) is 13.3. The van der Waals surface area contributed by atoms with Crippen LogP contribution in [0.1, 0.15) is 40.4 Å². The van der Waals surface area contributed by atoms with E-state index in [2.05, 4.69) is 5.32 Å². The van der Waals surface area contributed by atoms with E-state index in [9.17, 15) is 14.7 Å². The van der Waals surface area contributed by atoms with Crippen molar-refractivity contribution in [1.29, 1.82) is 0 Å². The zero-order valence-electron chi connectivity index (χ0n) is 11.6. The lowest BCUT2D eigenvalue weighted by atomic mass is 9.99. The van der Waals surface area contributed by atoms with Crippen molar-refractivity contribution in [2.24, 2.45) is 5.92 Å². The molecule has 2 atom stereocenters. The van der Waals surface area contributed by atoms with E-state index in [-0.39, 0.29) is 11.8 Å². The molecule has 2 unspecified atom stereocenters. The van der Waals surface area contributed by atoms with Gasteiger partial charge in [0.2, 0.25) is 0 Å². The maximum Gasteiger partial charge on any atom is 0.326 e. The van der Waals surface area contributed by atoms with E-state index in [1.54, 1.807) is 0 Å². The van der Waals surface area contributed by atoms with Gasteiger partial charge in [-0.1, -0.05) is 20.3 Å². The Labute approximate surface area is 127 Å². The van der Waals surface area contributed by atoms with Crippen molar-refractivity contribution in [2.45, 2.75) is 38.5 Å². The topological polar surface area (TPSA) is 66.4 Å². The lowest BCUT2D eigenvalue weighted by molar-refractivity contribution is -0.140. The van der Waals surface area contributed by atoms with Crippen LogP contribution in [0.15, 0.2) is 6.07 Å². The SMILES string of the molecule is CCC(C)C(NC(=O)c1cc2c(s1)CCSC2)C(=O)O. The third-order valence-electron chi connectivity index (χ3n) is 3.62. The summed E-state index contributed by atoms with van der Waals surface area (Å²) in [6.45, 7) is 3.77. The molecule has 1 aliphatic heterocycles. The smallest absolute Gasteiger partial charge is 0.326 e. The molecule has 6 heteroatoms. The number of aryl methyl sites for hydroxylation is 1. The molecule has 0 bridgehead atoms. The monoisotopic (exact) mass is 313 g/mol. The van der Waals surface area contributed by atoms with Gasteiger partial charge in [-0.15, -0.1) is 11.3 Å². The Hall–Kier alpha value is -1.01. The summed E-state index contributed by atoms with van der Waals surface area (Å²) in [6.07, 6.45) is 1.72. The predicted molar refractivity (Wildman–Crippen MR) is 82.5 cm³/mol. The minimum absolute atomic E-state index is 0.0819. The summed E-state index contributed by atoms with van der Waals surface area (Å²) in [6, 6.07) is 1.10. The highest BCUT2D eigenvalue weighted by Crippen LogP contribution is 2.31. The Kier molecular flexibility index (Phi) is 5.10. The lowest BCUT2D eigenvalue weighted by Crippen LogP contribution is -2.44. The molecule has 2 heterocycles. The second-order valence-electron chi connectivity index (χ2n) is 5.04. The molecule has 4 nitrogen and oxygen atoms in total. The fourth-order valence-corrected chi connectivity index (χ4v) is 4.43. The number of carbonyl (C=O) groups is 2. The Balaban J connectivity index is 2.10. The quantitative estimate of drug-likeness (QED) is 0.877. The van der Waals surface area contributed by atoms with Gasteiger partial charge in [-0.2, -0.15) is 11.8 Å². The van der Waals surface area contributed by atoms with Crippen LogP contribution >= 0.6 is 23.1 Å². The number of thiophene rings is 1. The van der Waals surface area contributed by atoms with E-state index < -0.39 is 12.0 Å². The molecule has 20 heavy (non-hydrogen) atoms. The molecule has 0 saturated carbocycles. The zero-order chi connectivity index (χ0) is 14.7. The molecule has 2 rings (SSSR count). The molecule has 0 radical (unpaired) electrons. The van der Waals surface area contributed by atoms with E-state index >= 15 is 0 Å². The number of amides is 1. The number of carbonyl (C=O) groups excluding carboxylic acids is 1. The van der Waals surface area contributed by atoms with Crippen LogP contribution in [0.4, 0.5) is 0 Å². The fraction of sp³-hybridized carbons (Fsp3) is 0.571. The number of rotatable bonds is 5. The maximum atomic E-state index is 12.2. The van der Waals surface area contributed by atoms with Gasteiger partial charge in [-0.05, 0) is 29.7 Å². The highest BCUT2D eigenvalue weighted by Gasteiger charge is 2.27. The Bertz CT molecular complexity index is 489. The molecule has 0 aromatic carbocycles. The molecule has 1 aromatic heterocycles. The van der Waals surface area contributed by atoms with Gasteiger partial charge in [0.1, 0.15) is 6.04 Å². The minimum Gasteiger partial charge on any atom is -0.480 e. The van der Waals surface area contributed by atoms with Gasteiger partial charge in [-0.3, -0.25) is 4.79 Å². The number of hydrogen-bond acceptors (Lipinski definition) is 4. The number of carboxylic acids is 1. The van der Waals surface area contributed by atoms with Crippen LogP contribution in [0, 0.1) is 5.92 Å². The first-order valence-electron chi connectivity index (χ1n) is 6.76. The number of hydrogen-bond donors (Lipinski definition) is 2. The molecule has 0 saturated heterocycles. The van der Waals surface area contributed by atoms with Crippen molar-refractivity contribution >= 4 is 35.0 Å². The Morgan fingerprint density at radius 1 is 1.50 bits per heavy atom. The van der Waals surface area contributed by atoms with Crippen molar-refractivity contribution in [3.05, 3.63) is 21.4 Å². The first-order valence-corrected chi connectivity index (χ1v) is 8.73. The van der Waals surface area contributed by atoms with Crippen LogP contribution in [0.3, 0.4) is 0 Å². The van der Waals surface area contributed by atoms with Crippen LogP contribution in [-0.4, -0.2) is 28.8 Å². The van der Waals surface area contributed by atoms with Crippen LogP contribution in [0.5, 0.6) is 0 Å². The van der Waals surface area contributed by atoms with E-state index in [4.69, 9.17) is 0 Å². The van der Waals surface area contributed by atoms with E-state index in [1.165, 1.54) is 21.8 Å². The molecule has 0 aliphatic carbocycles. The van der Waals surface area contributed by atoms with Gasteiger partial charge in [0.25, 0.3) is 5.91 Å². The van der Waals surface area contributed by atoms with Crippen LogP contribution in [0.25, 0.3) is 0 Å². The van der Waals surface area contributed by atoms with E-state index in [0.717, 1.165) is 24.3 Å². The van der Waals surface area contributed by atoms with Crippen molar-refractivity contribution in [3.8, 4) is 0 Å². The summed E-state index contributed by atoms with van der Waals surface area (Å²) in [5, 5.41) is 11.9. The van der Waals surface area contributed by atoms with Gasteiger partial charge in [0, 0.05) is 10.6 Å². The lowest BCUT2D eigenvalue weighted by Gasteiger charge is -2.19. The first-order chi connectivity index (χ1) is 9.52. The standard InChI is InChI=1S/C14H19NO3S2/c1-3-8(2)12(14(17)18)15-13(16)11-6-9-7-19-5-4-10(9)20-11/h6,8,12H,3-5,7H2,1-2H3,(H,15,16)(H,17,18). The predicted octanol–water partition coefficient (Wildman–Crippen LogP) is 2.77. The number of carboxylic acid groups (broad SMARTS) is 1. The van der Waals surface area contributed by atoms with Gasteiger partial charge >= 0.3 is 5.97 Å². The molecule has 1 amide bonds. The molecular formula is C14H19NO3S2. The third-order valence-corrected chi connectivity index (χ3v) is 5.86. The summed E-state index contributed by atoms with van der Waals surface area (Å²) >= 11 is 3.37. The molecule has 2 N–H and O–H groups in total. The van der Waals surface area contributed by atoms with Gasteiger partial charge in [0.05, 0.1) is 4.88 Å². The molecule has 1 aromatic rings. The van der Waals surface area contributed by atoms with Crippen molar-refractivity contribution < 1.29 is 14.7 Å². The highest BCUT2D eigenvalue weighted by molar-refractivity contribution is 7.98.